The summed E-state index contributed by atoms with van der Waals surface area (Å²) in [7, 11) is 0. The molecular formula is C29H52N2O. The van der Waals surface area contributed by atoms with Crippen LogP contribution in [0.15, 0.2) is 24.3 Å². The zero-order valence-corrected chi connectivity index (χ0v) is 22.4. The molecule has 1 unspecified atom stereocenters. The third-order valence-electron chi connectivity index (χ3n) is 6.76. The molecule has 1 atom stereocenters. The Balaban J connectivity index is 2.74. The van der Waals surface area contributed by atoms with Crippen LogP contribution in [0.5, 0.6) is 0 Å². The number of benzene rings is 1. The molecule has 3 heteroatoms. The molecule has 1 aromatic rings. The van der Waals surface area contributed by atoms with Gasteiger partial charge in [0.05, 0.1) is 0 Å². The number of hydrogen-bond donors (Lipinski definition) is 0. The van der Waals surface area contributed by atoms with E-state index in [9.17, 15) is 4.79 Å². The fraction of sp³-hybridized carbons (Fsp3) is 0.759. The Morgan fingerprint density at radius 2 is 1.47 bits per heavy atom. The van der Waals surface area contributed by atoms with Crippen LogP contribution in [-0.2, 0) is 16.8 Å². The molecule has 0 aliphatic carbocycles. The minimum atomic E-state index is 0.156. The van der Waals surface area contributed by atoms with Crippen molar-refractivity contribution in [3.63, 3.8) is 0 Å². The molecule has 0 bridgehead atoms. The third-order valence-corrected chi connectivity index (χ3v) is 6.76. The van der Waals surface area contributed by atoms with Gasteiger partial charge in [-0.3, -0.25) is 4.79 Å². The quantitative estimate of drug-likeness (QED) is 0.245. The normalized spacial score (nSPS) is 12.9. The van der Waals surface area contributed by atoms with Crippen LogP contribution >= 0.6 is 0 Å². The lowest BCUT2D eigenvalue weighted by atomic mass is 9.86. The summed E-state index contributed by atoms with van der Waals surface area (Å²) in [6.07, 6.45) is 10.2. The van der Waals surface area contributed by atoms with Crippen molar-refractivity contribution < 1.29 is 4.79 Å². The highest BCUT2D eigenvalue weighted by molar-refractivity contribution is 5.76. The minimum absolute atomic E-state index is 0.156. The molecular weight excluding hydrogens is 392 g/mol. The van der Waals surface area contributed by atoms with E-state index >= 15 is 0 Å². The van der Waals surface area contributed by atoms with E-state index in [-0.39, 0.29) is 11.5 Å². The summed E-state index contributed by atoms with van der Waals surface area (Å²) < 4.78 is 0. The van der Waals surface area contributed by atoms with Gasteiger partial charge < -0.3 is 9.80 Å². The Bertz CT molecular complexity index is 613. The summed E-state index contributed by atoms with van der Waals surface area (Å²) in [6, 6.07) is 9.18. The lowest BCUT2D eigenvalue weighted by molar-refractivity contribution is -0.134. The van der Waals surface area contributed by atoms with Gasteiger partial charge in [-0.25, -0.2) is 0 Å². The third kappa shape index (κ3) is 11.0. The topological polar surface area (TPSA) is 23.6 Å². The van der Waals surface area contributed by atoms with Gasteiger partial charge in [0.25, 0.3) is 0 Å². The Morgan fingerprint density at radius 1 is 0.875 bits per heavy atom. The zero-order chi connectivity index (χ0) is 24.0. The second-order valence-electron chi connectivity index (χ2n) is 10.5. The van der Waals surface area contributed by atoms with Crippen LogP contribution in [0.25, 0.3) is 0 Å². The van der Waals surface area contributed by atoms with Crippen molar-refractivity contribution in [3.8, 4) is 0 Å². The second kappa shape index (κ2) is 15.5. The van der Waals surface area contributed by atoms with Crippen LogP contribution in [0.3, 0.4) is 0 Å². The fourth-order valence-corrected chi connectivity index (χ4v) is 4.30. The van der Waals surface area contributed by atoms with Crippen molar-refractivity contribution in [1.29, 1.82) is 0 Å². The van der Waals surface area contributed by atoms with Crippen LogP contribution in [0.4, 0.5) is 0 Å². The smallest absolute Gasteiger partial charge is 0.223 e. The largest absolute Gasteiger partial charge is 0.336 e. The van der Waals surface area contributed by atoms with E-state index in [1.807, 2.05) is 0 Å². The highest BCUT2D eigenvalue weighted by Crippen LogP contribution is 2.23. The molecule has 0 fully saturated rings. The monoisotopic (exact) mass is 444 g/mol. The van der Waals surface area contributed by atoms with E-state index in [4.69, 9.17) is 0 Å². The van der Waals surface area contributed by atoms with Gasteiger partial charge in [0, 0.05) is 19.0 Å². The molecule has 32 heavy (non-hydrogen) atoms. The molecule has 1 amide bonds. The highest BCUT2D eigenvalue weighted by Gasteiger charge is 2.21. The first kappa shape index (κ1) is 28.7. The molecule has 184 valence electrons. The van der Waals surface area contributed by atoms with Gasteiger partial charge in [0.2, 0.25) is 5.91 Å². The number of amides is 1. The summed E-state index contributed by atoms with van der Waals surface area (Å²) in [5.74, 6) is 0.329. The second-order valence-corrected chi connectivity index (χ2v) is 10.5. The molecule has 0 saturated heterocycles. The zero-order valence-electron chi connectivity index (χ0n) is 22.4. The maximum atomic E-state index is 13.2. The standard InChI is InChI=1S/C29H52N2O/c1-8-11-12-13-14-15-18-28(32)31(25(4)17-16-23-30(9-2)10-3)24-26-19-21-27(22-20-26)29(5,6)7/h19-22,25H,8-18,23-24H2,1-7H3. The van der Waals surface area contributed by atoms with Crippen LogP contribution < -0.4 is 0 Å². The molecule has 0 aromatic heterocycles. The lowest BCUT2D eigenvalue weighted by Crippen LogP contribution is -2.38. The molecule has 1 rings (SSSR count). The lowest BCUT2D eigenvalue weighted by Gasteiger charge is -2.31. The van der Waals surface area contributed by atoms with Crippen molar-refractivity contribution in [2.45, 2.75) is 124 Å². The van der Waals surface area contributed by atoms with Crippen molar-refractivity contribution in [2.75, 3.05) is 19.6 Å². The molecule has 0 heterocycles. The maximum absolute atomic E-state index is 13.2. The number of nitrogens with zero attached hydrogens (tertiary/aromatic N) is 2. The number of rotatable bonds is 16. The van der Waals surface area contributed by atoms with Crippen molar-refractivity contribution in [3.05, 3.63) is 35.4 Å². The van der Waals surface area contributed by atoms with Crippen LogP contribution in [0.2, 0.25) is 0 Å². The first-order valence-corrected chi connectivity index (χ1v) is 13.3. The van der Waals surface area contributed by atoms with Gasteiger partial charge in [-0.1, -0.05) is 97.9 Å². The van der Waals surface area contributed by atoms with Crippen molar-refractivity contribution in [2.24, 2.45) is 0 Å². The molecule has 1 aromatic carbocycles. The van der Waals surface area contributed by atoms with Crippen LogP contribution in [-0.4, -0.2) is 41.4 Å². The van der Waals surface area contributed by atoms with E-state index in [1.54, 1.807) is 0 Å². The van der Waals surface area contributed by atoms with E-state index < -0.39 is 0 Å². The molecule has 0 aliphatic heterocycles. The van der Waals surface area contributed by atoms with Crippen molar-refractivity contribution in [1.82, 2.24) is 9.80 Å². The summed E-state index contributed by atoms with van der Waals surface area (Å²) in [5, 5.41) is 0. The van der Waals surface area contributed by atoms with Crippen molar-refractivity contribution >= 4 is 5.91 Å². The first-order valence-electron chi connectivity index (χ1n) is 13.3. The predicted molar refractivity (Wildman–Crippen MR) is 140 cm³/mol. The summed E-state index contributed by atoms with van der Waals surface area (Å²) in [4.78, 5) is 17.9. The molecule has 0 aliphatic rings. The van der Waals surface area contributed by atoms with E-state index in [1.165, 1.54) is 43.2 Å². The number of carbonyl (C=O) groups is 1. The van der Waals surface area contributed by atoms with Gasteiger partial charge >= 0.3 is 0 Å². The Hall–Kier alpha value is -1.35. The summed E-state index contributed by atoms with van der Waals surface area (Å²) >= 11 is 0. The number of carbonyl (C=O) groups excluding carboxylic acids is 1. The van der Waals surface area contributed by atoms with Crippen LogP contribution in [0, 0.1) is 0 Å². The summed E-state index contributed by atoms with van der Waals surface area (Å²) in [5.41, 5.74) is 2.74. The van der Waals surface area contributed by atoms with Gasteiger partial charge in [-0.15, -0.1) is 0 Å². The maximum Gasteiger partial charge on any atom is 0.223 e. The Labute approximate surface area is 200 Å². The minimum Gasteiger partial charge on any atom is -0.336 e. The van der Waals surface area contributed by atoms with Gasteiger partial charge in [-0.05, 0) is 62.4 Å². The average Bonchev–Trinajstić information content (AvgIpc) is 2.76. The van der Waals surface area contributed by atoms with Gasteiger partial charge in [0.15, 0.2) is 0 Å². The van der Waals surface area contributed by atoms with E-state index in [0.717, 1.165) is 45.4 Å². The number of unbranched alkanes of at least 4 members (excludes halogenated alkanes) is 5. The van der Waals surface area contributed by atoms with Gasteiger partial charge in [0.1, 0.15) is 0 Å². The highest BCUT2D eigenvalue weighted by atomic mass is 16.2. The average molecular weight is 445 g/mol. The molecule has 3 nitrogen and oxygen atoms in total. The van der Waals surface area contributed by atoms with E-state index in [2.05, 4.69) is 82.5 Å². The predicted octanol–water partition coefficient (Wildman–Crippen LogP) is 7.57. The van der Waals surface area contributed by atoms with Gasteiger partial charge in [-0.2, -0.15) is 0 Å². The van der Waals surface area contributed by atoms with E-state index in [0.29, 0.717) is 12.3 Å². The van der Waals surface area contributed by atoms with Crippen LogP contribution in [0.1, 0.15) is 117 Å². The molecule has 0 spiro atoms. The summed E-state index contributed by atoms with van der Waals surface area (Å²) in [6.45, 7) is 19.7. The first-order chi connectivity index (χ1) is 15.2. The fourth-order valence-electron chi connectivity index (χ4n) is 4.30. The molecule has 0 radical (unpaired) electrons. The Morgan fingerprint density at radius 3 is 2.03 bits per heavy atom. The number of hydrogen-bond acceptors (Lipinski definition) is 2. The molecule has 0 saturated carbocycles. The Kier molecular flexibility index (Phi) is 13.9. The molecule has 0 N–H and O–H groups in total. The SMILES string of the molecule is CCCCCCCCC(=O)N(Cc1ccc(C(C)(C)C)cc1)C(C)CCCN(CC)CC.